The molecule has 0 bridgehead atoms. The van der Waals surface area contributed by atoms with E-state index in [2.05, 4.69) is 5.32 Å². The first-order valence-corrected chi connectivity index (χ1v) is 4.77. The van der Waals surface area contributed by atoms with Gasteiger partial charge in [0.25, 0.3) is 0 Å². The molecule has 1 fully saturated rings. The first-order chi connectivity index (χ1) is 6.77. The Morgan fingerprint density at radius 3 is 3.00 bits per heavy atom. The summed E-state index contributed by atoms with van der Waals surface area (Å²) < 4.78 is 5.09. The number of rotatable bonds is 5. The van der Waals surface area contributed by atoms with Crippen molar-refractivity contribution in [2.45, 2.75) is 24.8 Å². The molecule has 0 aliphatic heterocycles. The zero-order chi connectivity index (χ0) is 9.97. The normalized spacial score (nSPS) is 18.0. The van der Waals surface area contributed by atoms with Gasteiger partial charge in [-0.25, -0.2) is 0 Å². The molecule has 1 aromatic heterocycles. The lowest BCUT2D eigenvalue weighted by Crippen LogP contribution is -2.27. The van der Waals surface area contributed by atoms with Crippen LogP contribution in [0, 0.1) is 0 Å². The molecule has 2 N–H and O–H groups in total. The van der Waals surface area contributed by atoms with E-state index in [4.69, 9.17) is 9.52 Å². The van der Waals surface area contributed by atoms with Crippen LogP contribution in [0.2, 0.25) is 0 Å². The van der Waals surface area contributed by atoms with Gasteiger partial charge in [-0.2, -0.15) is 0 Å². The Kier molecular flexibility index (Phi) is 2.54. The minimum Gasteiger partial charge on any atom is -0.481 e. The standard InChI is InChI=1S/C10H13NO3/c12-10(13)8(6-11-7-3-4-7)9-2-1-5-14-9/h1-2,5,7-8,11H,3-4,6H2,(H,12,13). The van der Waals surface area contributed by atoms with Crippen LogP contribution in [0.25, 0.3) is 0 Å². The zero-order valence-electron chi connectivity index (χ0n) is 7.77. The van der Waals surface area contributed by atoms with Gasteiger partial charge in [-0.15, -0.1) is 0 Å². The molecule has 0 radical (unpaired) electrons. The van der Waals surface area contributed by atoms with Crippen molar-refractivity contribution >= 4 is 5.97 Å². The quantitative estimate of drug-likeness (QED) is 0.741. The van der Waals surface area contributed by atoms with E-state index in [0.717, 1.165) is 12.8 Å². The number of furan rings is 1. The molecule has 0 saturated heterocycles. The van der Waals surface area contributed by atoms with E-state index in [-0.39, 0.29) is 0 Å². The van der Waals surface area contributed by atoms with Gasteiger partial charge in [-0.3, -0.25) is 4.79 Å². The van der Waals surface area contributed by atoms with E-state index < -0.39 is 11.9 Å². The lowest BCUT2D eigenvalue weighted by molar-refractivity contribution is -0.139. The van der Waals surface area contributed by atoms with Gasteiger partial charge in [0.1, 0.15) is 11.7 Å². The maximum Gasteiger partial charge on any atom is 0.315 e. The van der Waals surface area contributed by atoms with E-state index in [1.165, 1.54) is 6.26 Å². The van der Waals surface area contributed by atoms with Gasteiger partial charge in [0.05, 0.1) is 6.26 Å². The molecule has 1 heterocycles. The summed E-state index contributed by atoms with van der Waals surface area (Å²) in [7, 11) is 0. The van der Waals surface area contributed by atoms with E-state index >= 15 is 0 Å². The molecule has 0 aromatic carbocycles. The Morgan fingerprint density at radius 1 is 1.71 bits per heavy atom. The number of nitrogens with one attached hydrogen (secondary N) is 1. The molecule has 0 amide bonds. The Morgan fingerprint density at radius 2 is 2.50 bits per heavy atom. The SMILES string of the molecule is O=C(O)C(CNC1CC1)c1ccco1. The topological polar surface area (TPSA) is 62.5 Å². The Balaban J connectivity index is 1.96. The fraction of sp³-hybridized carbons (Fsp3) is 0.500. The van der Waals surface area contributed by atoms with E-state index in [0.29, 0.717) is 18.3 Å². The maximum absolute atomic E-state index is 10.9. The van der Waals surface area contributed by atoms with Gasteiger partial charge in [-0.1, -0.05) is 0 Å². The van der Waals surface area contributed by atoms with Gasteiger partial charge >= 0.3 is 5.97 Å². The van der Waals surface area contributed by atoms with E-state index in [9.17, 15) is 4.79 Å². The van der Waals surface area contributed by atoms with Crippen LogP contribution in [-0.4, -0.2) is 23.7 Å². The molecule has 4 heteroatoms. The number of aliphatic carboxylic acids is 1. The first kappa shape index (κ1) is 9.27. The fourth-order valence-corrected chi connectivity index (χ4v) is 1.37. The van der Waals surface area contributed by atoms with Crippen molar-refractivity contribution in [1.82, 2.24) is 5.32 Å². The van der Waals surface area contributed by atoms with Crippen molar-refractivity contribution in [3.05, 3.63) is 24.2 Å². The molecule has 1 atom stereocenters. The Bertz CT molecular complexity index is 303. The van der Waals surface area contributed by atoms with Gasteiger partial charge in [0.2, 0.25) is 0 Å². The fourth-order valence-electron chi connectivity index (χ4n) is 1.37. The number of hydrogen-bond acceptors (Lipinski definition) is 3. The molecule has 14 heavy (non-hydrogen) atoms. The highest BCUT2D eigenvalue weighted by Gasteiger charge is 2.27. The molecule has 1 aliphatic carbocycles. The van der Waals surface area contributed by atoms with Crippen molar-refractivity contribution in [3.63, 3.8) is 0 Å². The van der Waals surface area contributed by atoms with Crippen LogP contribution in [0.15, 0.2) is 22.8 Å². The number of carbonyl (C=O) groups is 1. The second-order valence-electron chi connectivity index (χ2n) is 3.59. The third-order valence-electron chi connectivity index (χ3n) is 2.37. The van der Waals surface area contributed by atoms with Crippen LogP contribution in [-0.2, 0) is 4.79 Å². The van der Waals surface area contributed by atoms with Crippen molar-refractivity contribution in [2.75, 3.05) is 6.54 Å². The van der Waals surface area contributed by atoms with Gasteiger partial charge in [-0.05, 0) is 25.0 Å². The van der Waals surface area contributed by atoms with Crippen LogP contribution >= 0.6 is 0 Å². The van der Waals surface area contributed by atoms with Crippen molar-refractivity contribution in [3.8, 4) is 0 Å². The molecular weight excluding hydrogens is 182 g/mol. The third kappa shape index (κ3) is 2.14. The predicted octanol–water partition coefficient (Wildman–Crippen LogP) is 1.20. The zero-order valence-corrected chi connectivity index (χ0v) is 7.77. The summed E-state index contributed by atoms with van der Waals surface area (Å²) >= 11 is 0. The first-order valence-electron chi connectivity index (χ1n) is 4.77. The molecule has 1 unspecified atom stereocenters. The average molecular weight is 195 g/mol. The summed E-state index contributed by atoms with van der Waals surface area (Å²) in [5, 5.41) is 12.2. The van der Waals surface area contributed by atoms with Crippen molar-refractivity contribution in [1.29, 1.82) is 0 Å². The third-order valence-corrected chi connectivity index (χ3v) is 2.37. The van der Waals surface area contributed by atoms with Crippen molar-refractivity contribution < 1.29 is 14.3 Å². The van der Waals surface area contributed by atoms with Crippen LogP contribution < -0.4 is 5.32 Å². The molecule has 1 aliphatic rings. The van der Waals surface area contributed by atoms with Crippen LogP contribution in [0.5, 0.6) is 0 Å². The van der Waals surface area contributed by atoms with Gasteiger partial charge in [0.15, 0.2) is 0 Å². The largest absolute Gasteiger partial charge is 0.481 e. The molecule has 2 rings (SSSR count). The molecule has 4 nitrogen and oxygen atoms in total. The number of hydrogen-bond donors (Lipinski definition) is 2. The highest BCUT2D eigenvalue weighted by molar-refractivity contribution is 5.75. The molecule has 0 spiro atoms. The summed E-state index contributed by atoms with van der Waals surface area (Å²) in [5.74, 6) is -0.885. The lowest BCUT2D eigenvalue weighted by atomic mass is 10.1. The molecule has 1 aromatic rings. The highest BCUT2D eigenvalue weighted by atomic mass is 16.4. The number of carboxylic acid groups (broad SMARTS) is 1. The smallest absolute Gasteiger partial charge is 0.315 e. The highest BCUT2D eigenvalue weighted by Crippen LogP contribution is 2.21. The van der Waals surface area contributed by atoms with E-state index in [1.807, 2.05) is 0 Å². The maximum atomic E-state index is 10.9. The van der Waals surface area contributed by atoms with Crippen molar-refractivity contribution in [2.24, 2.45) is 0 Å². The molecular formula is C10H13NO3. The minimum absolute atomic E-state index is 0.452. The summed E-state index contributed by atoms with van der Waals surface area (Å²) in [6.45, 7) is 0.452. The summed E-state index contributed by atoms with van der Waals surface area (Å²) in [6.07, 6.45) is 3.82. The Labute approximate surface area is 81.9 Å². The average Bonchev–Trinajstić information content (AvgIpc) is 2.80. The second-order valence-corrected chi connectivity index (χ2v) is 3.59. The minimum atomic E-state index is -0.840. The summed E-state index contributed by atoms with van der Waals surface area (Å²) in [5.41, 5.74) is 0. The van der Waals surface area contributed by atoms with Crippen LogP contribution in [0.3, 0.4) is 0 Å². The predicted molar refractivity (Wildman–Crippen MR) is 50.1 cm³/mol. The second kappa shape index (κ2) is 3.84. The lowest BCUT2D eigenvalue weighted by Gasteiger charge is -2.09. The van der Waals surface area contributed by atoms with Gasteiger partial charge in [0, 0.05) is 12.6 Å². The monoisotopic (exact) mass is 195 g/mol. The van der Waals surface area contributed by atoms with E-state index in [1.54, 1.807) is 12.1 Å². The van der Waals surface area contributed by atoms with Crippen LogP contribution in [0.1, 0.15) is 24.5 Å². The number of carboxylic acids is 1. The molecule has 1 saturated carbocycles. The van der Waals surface area contributed by atoms with Gasteiger partial charge < -0.3 is 14.8 Å². The van der Waals surface area contributed by atoms with Crippen LogP contribution in [0.4, 0.5) is 0 Å². The summed E-state index contributed by atoms with van der Waals surface area (Å²) in [6, 6.07) is 3.93. The summed E-state index contributed by atoms with van der Waals surface area (Å²) in [4.78, 5) is 10.9. The molecule has 76 valence electrons. The Hall–Kier alpha value is -1.29.